The van der Waals surface area contributed by atoms with E-state index in [1.54, 1.807) is 0 Å². The van der Waals surface area contributed by atoms with Gasteiger partial charge in [0.2, 0.25) is 0 Å². The molecule has 0 bridgehead atoms. The second-order valence-corrected chi connectivity index (χ2v) is 5.56. The molecule has 1 rings (SSSR count). The molecule has 2 heteroatoms. The molecule has 0 aromatic rings. The van der Waals surface area contributed by atoms with Gasteiger partial charge in [0.05, 0.1) is 6.10 Å². The van der Waals surface area contributed by atoms with Crippen LogP contribution in [0, 0.1) is 5.41 Å². The molecule has 2 nitrogen and oxygen atoms in total. The molecule has 0 aromatic carbocycles. The zero-order chi connectivity index (χ0) is 11.3. The lowest BCUT2D eigenvalue weighted by molar-refractivity contribution is 0.0384. The molecule has 0 radical (unpaired) electrons. The summed E-state index contributed by atoms with van der Waals surface area (Å²) in [6.45, 7) is 8.01. The van der Waals surface area contributed by atoms with E-state index in [1.807, 2.05) is 7.11 Å². The minimum absolute atomic E-state index is 0.412. The Morgan fingerprint density at radius 1 is 1.27 bits per heavy atom. The minimum Gasteiger partial charge on any atom is -0.380 e. The van der Waals surface area contributed by atoms with Gasteiger partial charge < -0.3 is 10.1 Å². The highest BCUT2D eigenvalue weighted by molar-refractivity contribution is 4.83. The third-order valence-corrected chi connectivity index (χ3v) is 3.81. The van der Waals surface area contributed by atoms with Crippen LogP contribution in [0.1, 0.15) is 52.9 Å². The van der Waals surface area contributed by atoms with Crippen molar-refractivity contribution in [1.29, 1.82) is 0 Å². The van der Waals surface area contributed by atoms with Crippen molar-refractivity contribution in [3.05, 3.63) is 0 Å². The summed E-state index contributed by atoms with van der Waals surface area (Å²) in [7, 11) is 1.84. The summed E-state index contributed by atoms with van der Waals surface area (Å²) in [5.41, 5.74) is 0.412. The molecule has 1 saturated carbocycles. The first-order chi connectivity index (χ1) is 7.09. The number of rotatable bonds is 5. The highest BCUT2D eigenvalue weighted by Crippen LogP contribution is 2.23. The zero-order valence-corrected chi connectivity index (χ0v) is 10.8. The van der Waals surface area contributed by atoms with Gasteiger partial charge in [-0.2, -0.15) is 0 Å². The number of nitrogens with one attached hydrogen (secondary N) is 1. The lowest BCUT2D eigenvalue weighted by Crippen LogP contribution is -2.46. The highest BCUT2D eigenvalue weighted by Gasteiger charge is 2.26. The van der Waals surface area contributed by atoms with E-state index in [-0.39, 0.29) is 0 Å². The van der Waals surface area contributed by atoms with Gasteiger partial charge in [-0.25, -0.2) is 0 Å². The van der Waals surface area contributed by atoms with Crippen molar-refractivity contribution in [3.63, 3.8) is 0 Å². The van der Waals surface area contributed by atoms with Crippen LogP contribution in [0.2, 0.25) is 0 Å². The first kappa shape index (κ1) is 13.0. The standard InChI is InChI=1S/C13H27NO/c1-5-13(2,3)10-14-11-8-6-7-9-12(11)15-4/h11-12,14H,5-10H2,1-4H3. The smallest absolute Gasteiger partial charge is 0.0724 e. The van der Waals surface area contributed by atoms with E-state index in [9.17, 15) is 0 Å². The van der Waals surface area contributed by atoms with E-state index in [1.165, 1.54) is 32.1 Å². The molecule has 2 unspecified atom stereocenters. The van der Waals surface area contributed by atoms with Gasteiger partial charge in [0.15, 0.2) is 0 Å². The number of methoxy groups -OCH3 is 1. The third kappa shape index (κ3) is 4.12. The monoisotopic (exact) mass is 213 g/mol. The molecular formula is C13H27NO. The van der Waals surface area contributed by atoms with E-state index in [0.717, 1.165) is 6.54 Å². The Morgan fingerprint density at radius 3 is 2.53 bits per heavy atom. The van der Waals surface area contributed by atoms with Crippen LogP contribution in [0.3, 0.4) is 0 Å². The van der Waals surface area contributed by atoms with Gasteiger partial charge in [-0.05, 0) is 24.7 Å². The van der Waals surface area contributed by atoms with Crippen LogP contribution in [0.15, 0.2) is 0 Å². The predicted octanol–water partition coefficient (Wildman–Crippen LogP) is 2.97. The van der Waals surface area contributed by atoms with Gasteiger partial charge in [-0.3, -0.25) is 0 Å². The minimum atomic E-state index is 0.412. The summed E-state index contributed by atoms with van der Waals surface area (Å²) in [4.78, 5) is 0. The van der Waals surface area contributed by atoms with Crippen molar-refractivity contribution in [2.75, 3.05) is 13.7 Å². The summed E-state index contributed by atoms with van der Waals surface area (Å²) in [6, 6.07) is 0.578. The molecule has 1 fully saturated rings. The molecule has 1 aliphatic carbocycles. The average molecular weight is 213 g/mol. The van der Waals surface area contributed by atoms with Crippen molar-refractivity contribution in [2.45, 2.75) is 65.0 Å². The van der Waals surface area contributed by atoms with Gasteiger partial charge in [-0.15, -0.1) is 0 Å². The van der Waals surface area contributed by atoms with Gasteiger partial charge >= 0.3 is 0 Å². The van der Waals surface area contributed by atoms with Crippen LogP contribution in [0.25, 0.3) is 0 Å². The van der Waals surface area contributed by atoms with Crippen molar-refractivity contribution in [1.82, 2.24) is 5.32 Å². The second kappa shape index (κ2) is 5.86. The predicted molar refractivity (Wildman–Crippen MR) is 65.1 cm³/mol. The summed E-state index contributed by atoms with van der Waals surface area (Å²) in [5, 5.41) is 3.69. The van der Waals surface area contributed by atoms with Gasteiger partial charge in [0.25, 0.3) is 0 Å². The second-order valence-electron chi connectivity index (χ2n) is 5.56. The largest absolute Gasteiger partial charge is 0.380 e. The summed E-state index contributed by atoms with van der Waals surface area (Å²) >= 11 is 0. The Kier molecular flexibility index (Phi) is 5.07. The SMILES string of the molecule is CCC(C)(C)CNC1CCCCC1OC. The quantitative estimate of drug-likeness (QED) is 0.758. The zero-order valence-electron chi connectivity index (χ0n) is 10.8. The first-order valence-corrected chi connectivity index (χ1v) is 6.35. The van der Waals surface area contributed by atoms with Gasteiger partial charge in [0.1, 0.15) is 0 Å². The Balaban J connectivity index is 2.35. The van der Waals surface area contributed by atoms with E-state index in [4.69, 9.17) is 4.74 Å². The molecule has 0 aromatic heterocycles. The topological polar surface area (TPSA) is 21.3 Å². The van der Waals surface area contributed by atoms with Crippen molar-refractivity contribution in [2.24, 2.45) is 5.41 Å². The van der Waals surface area contributed by atoms with E-state index < -0.39 is 0 Å². The molecule has 0 aliphatic heterocycles. The molecule has 1 aliphatic rings. The highest BCUT2D eigenvalue weighted by atomic mass is 16.5. The molecule has 15 heavy (non-hydrogen) atoms. The molecule has 0 spiro atoms. The molecule has 2 atom stereocenters. The molecule has 1 N–H and O–H groups in total. The fraction of sp³-hybridized carbons (Fsp3) is 1.00. The number of hydrogen-bond acceptors (Lipinski definition) is 2. The molecule has 90 valence electrons. The van der Waals surface area contributed by atoms with Gasteiger partial charge in [0, 0.05) is 19.7 Å². The van der Waals surface area contributed by atoms with Crippen LogP contribution in [-0.2, 0) is 4.74 Å². The van der Waals surface area contributed by atoms with Gasteiger partial charge in [-0.1, -0.05) is 33.6 Å². The summed E-state index contributed by atoms with van der Waals surface area (Å²) in [5.74, 6) is 0. The maximum Gasteiger partial charge on any atom is 0.0724 e. The Labute approximate surface area is 94.8 Å². The normalized spacial score (nSPS) is 28.0. The maximum absolute atomic E-state index is 5.54. The van der Waals surface area contributed by atoms with Crippen LogP contribution in [-0.4, -0.2) is 25.8 Å². The molecular weight excluding hydrogens is 186 g/mol. The van der Waals surface area contributed by atoms with Crippen molar-refractivity contribution in [3.8, 4) is 0 Å². The Morgan fingerprint density at radius 2 is 1.93 bits per heavy atom. The fourth-order valence-electron chi connectivity index (χ4n) is 2.14. The molecule has 0 heterocycles. The molecule has 0 amide bonds. The Hall–Kier alpha value is -0.0800. The first-order valence-electron chi connectivity index (χ1n) is 6.35. The maximum atomic E-state index is 5.54. The Bertz CT molecular complexity index is 179. The number of hydrogen-bond donors (Lipinski definition) is 1. The average Bonchev–Trinajstić information content (AvgIpc) is 2.27. The van der Waals surface area contributed by atoms with Crippen LogP contribution >= 0.6 is 0 Å². The van der Waals surface area contributed by atoms with Crippen LogP contribution in [0.5, 0.6) is 0 Å². The third-order valence-electron chi connectivity index (χ3n) is 3.81. The van der Waals surface area contributed by atoms with Crippen LogP contribution in [0.4, 0.5) is 0 Å². The van der Waals surface area contributed by atoms with E-state index >= 15 is 0 Å². The van der Waals surface area contributed by atoms with Crippen molar-refractivity contribution < 1.29 is 4.74 Å². The van der Waals surface area contributed by atoms with E-state index in [0.29, 0.717) is 17.6 Å². The summed E-state index contributed by atoms with van der Waals surface area (Å²) in [6.07, 6.45) is 6.84. The van der Waals surface area contributed by atoms with Crippen LogP contribution < -0.4 is 5.32 Å². The fourth-order valence-corrected chi connectivity index (χ4v) is 2.14. The van der Waals surface area contributed by atoms with E-state index in [2.05, 4.69) is 26.1 Å². The number of ether oxygens (including phenoxy) is 1. The van der Waals surface area contributed by atoms with Crippen molar-refractivity contribution >= 4 is 0 Å². The lowest BCUT2D eigenvalue weighted by atomic mass is 9.87. The molecule has 0 saturated heterocycles. The lowest BCUT2D eigenvalue weighted by Gasteiger charge is -2.34. The summed E-state index contributed by atoms with van der Waals surface area (Å²) < 4.78 is 5.54.